The molecule has 23 heavy (non-hydrogen) atoms. The lowest BCUT2D eigenvalue weighted by atomic mass is 10.0. The number of hydrogen-bond donors (Lipinski definition) is 2. The number of rotatable bonds is 8. The van der Waals surface area contributed by atoms with Crippen molar-refractivity contribution in [1.82, 2.24) is 0 Å². The van der Waals surface area contributed by atoms with E-state index < -0.39 is 17.6 Å². The molecule has 2 rings (SSSR count). The molecule has 0 saturated heterocycles. The Balaban J connectivity index is 1.82. The lowest BCUT2D eigenvalue weighted by molar-refractivity contribution is -0.138. The SMILES string of the molecule is C#CCCC1(CCC(=O)Nc2ccc(C(C)C(=O)O)cc2)N=N1. The van der Waals surface area contributed by atoms with Gasteiger partial charge in [-0.05, 0) is 24.6 Å². The zero-order valence-electron chi connectivity index (χ0n) is 13.0. The minimum absolute atomic E-state index is 0.124. The molecule has 1 amide bonds. The van der Waals surface area contributed by atoms with Crippen LogP contribution in [0.4, 0.5) is 5.69 Å². The number of aliphatic carboxylic acids is 1. The first-order chi connectivity index (χ1) is 11.0. The first kappa shape index (κ1) is 16.7. The quantitative estimate of drug-likeness (QED) is 0.722. The Morgan fingerprint density at radius 2 is 1.96 bits per heavy atom. The topological polar surface area (TPSA) is 91.1 Å². The maximum Gasteiger partial charge on any atom is 0.310 e. The minimum Gasteiger partial charge on any atom is -0.481 e. The normalized spacial score (nSPS) is 15.5. The largest absolute Gasteiger partial charge is 0.481 e. The average molecular weight is 313 g/mol. The highest BCUT2D eigenvalue weighted by molar-refractivity contribution is 5.90. The molecule has 0 fully saturated rings. The third-order valence-corrected chi connectivity index (χ3v) is 3.87. The Hall–Kier alpha value is -2.68. The van der Waals surface area contributed by atoms with E-state index >= 15 is 0 Å². The third kappa shape index (κ3) is 4.65. The van der Waals surface area contributed by atoms with Crippen LogP contribution in [-0.4, -0.2) is 22.6 Å². The molecule has 1 aromatic rings. The van der Waals surface area contributed by atoms with Crippen LogP contribution in [0.3, 0.4) is 0 Å². The fraction of sp³-hybridized carbons (Fsp3) is 0.412. The van der Waals surface area contributed by atoms with Gasteiger partial charge >= 0.3 is 5.97 Å². The minimum atomic E-state index is -0.879. The van der Waals surface area contributed by atoms with Crippen LogP contribution in [0.25, 0.3) is 0 Å². The van der Waals surface area contributed by atoms with E-state index in [1.165, 1.54) is 0 Å². The van der Waals surface area contributed by atoms with E-state index in [9.17, 15) is 9.59 Å². The van der Waals surface area contributed by atoms with E-state index in [0.717, 1.165) is 0 Å². The van der Waals surface area contributed by atoms with Crippen LogP contribution in [0.5, 0.6) is 0 Å². The van der Waals surface area contributed by atoms with Crippen molar-refractivity contribution < 1.29 is 14.7 Å². The second kappa shape index (κ2) is 7.05. The van der Waals surface area contributed by atoms with Crippen molar-refractivity contribution in [2.24, 2.45) is 10.2 Å². The second-order valence-corrected chi connectivity index (χ2v) is 5.62. The van der Waals surface area contributed by atoms with Crippen molar-refractivity contribution in [1.29, 1.82) is 0 Å². The molecule has 1 atom stereocenters. The fourth-order valence-corrected chi connectivity index (χ4v) is 2.20. The number of nitrogens with one attached hydrogen (secondary N) is 1. The molecular formula is C17H19N3O3. The number of nitrogens with zero attached hydrogens (tertiary/aromatic N) is 2. The van der Waals surface area contributed by atoms with E-state index in [0.29, 0.717) is 36.9 Å². The lowest BCUT2D eigenvalue weighted by Crippen LogP contribution is -2.17. The third-order valence-electron chi connectivity index (χ3n) is 3.87. The molecule has 6 nitrogen and oxygen atoms in total. The Morgan fingerprint density at radius 1 is 1.30 bits per heavy atom. The molecular weight excluding hydrogens is 294 g/mol. The number of hydrogen-bond acceptors (Lipinski definition) is 4. The van der Waals surface area contributed by atoms with Crippen LogP contribution in [0.1, 0.15) is 44.1 Å². The van der Waals surface area contributed by atoms with Crippen LogP contribution < -0.4 is 5.32 Å². The number of amides is 1. The van der Waals surface area contributed by atoms with Gasteiger partial charge in [-0.2, -0.15) is 10.2 Å². The number of carboxylic acid groups (broad SMARTS) is 1. The van der Waals surface area contributed by atoms with Gasteiger partial charge in [0, 0.05) is 31.4 Å². The monoisotopic (exact) mass is 313 g/mol. The zero-order chi connectivity index (χ0) is 16.9. The molecule has 0 aromatic heterocycles. The highest BCUT2D eigenvalue weighted by Gasteiger charge is 2.39. The predicted molar refractivity (Wildman–Crippen MR) is 86.0 cm³/mol. The summed E-state index contributed by atoms with van der Waals surface area (Å²) < 4.78 is 0. The standard InChI is InChI=1S/C17H19N3O3/c1-3-4-10-17(19-20-17)11-9-15(21)18-14-7-5-13(6-8-14)12(2)16(22)23/h1,5-8,12H,4,9-11H2,2H3,(H,18,21)(H,22,23). The Morgan fingerprint density at radius 3 is 2.48 bits per heavy atom. The van der Waals surface area contributed by atoms with E-state index in [2.05, 4.69) is 21.5 Å². The Kier molecular flexibility index (Phi) is 5.12. The van der Waals surface area contributed by atoms with Gasteiger partial charge in [0.05, 0.1) is 5.92 Å². The van der Waals surface area contributed by atoms with E-state index in [1.54, 1.807) is 31.2 Å². The molecule has 0 spiro atoms. The summed E-state index contributed by atoms with van der Waals surface area (Å²) in [4.78, 5) is 22.9. The summed E-state index contributed by atoms with van der Waals surface area (Å²) in [5.74, 6) is 0.974. The molecule has 1 unspecified atom stereocenters. The summed E-state index contributed by atoms with van der Waals surface area (Å²) in [5, 5.41) is 19.7. The number of terminal acetylenes is 1. The molecule has 2 N–H and O–H groups in total. The van der Waals surface area contributed by atoms with Gasteiger partial charge in [0.1, 0.15) is 0 Å². The second-order valence-electron chi connectivity index (χ2n) is 5.62. The summed E-state index contributed by atoms with van der Waals surface area (Å²) in [6, 6.07) is 6.81. The Bertz CT molecular complexity index is 653. The summed E-state index contributed by atoms with van der Waals surface area (Å²) in [5.41, 5.74) is 0.878. The van der Waals surface area contributed by atoms with E-state index in [1.807, 2.05) is 0 Å². The fourth-order valence-electron chi connectivity index (χ4n) is 2.20. The van der Waals surface area contributed by atoms with Crippen LogP contribution in [-0.2, 0) is 9.59 Å². The zero-order valence-corrected chi connectivity index (χ0v) is 13.0. The van der Waals surface area contributed by atoms with Gasteiger partial charge in [-0.25, -0.2) is 0 Å². The average Bonchev–Trinajstić information content (AvgIpc) is 3.31. The highest BCUT2D eigenvalue weighted by atomic mass is 16.4. The number of anilines is 1. The van der Waals surface area contributed by atoms with E-state index in [-0.39, 0.29) is 5.91 Å². The number of carbonyl (C=O) groups is 2. The highest BCUT2D eigenvalue weighted by Crippen LogP contribution is 2.37. The molecule has 0 aliphatic carbocycles. The van der Waals surface area contributed by atoms with Crippen LogP contribution in [0, 0.1) is 12.3 Å². The summed E-state index contributed by atoms with van der Waals surface area (Å²) >= 11 is 0. The van der Waals surface area contributed by atoms with Gasteiger partial charge in [0.25, 0.3) is 0 Å². The van der Waals surface area contributed by atoms with Crippen molar-refractivity contribution >= 4 is 17.6 Å². The van der Waals surface area contributed by atoms with Gasteiger partial charge in [0.15, 0.2) is 5.66 Å². The van der Waals surface area contributed by atoms with Gasteiger partial charge in [-0.15, -0.1) is 12.3 Å². The van der Waals surface area contributed by atoms with Crippen molar-refractivity contribution in [3.63, 3.8) is 0 Å². The van der Waals surface area contributed by atoms with Gasteiger partial charge < -0.3 is 10.4 Å². The van der Waals surface area contributed by atoms with Crippen molar-refractivity contribution in [3.05, 3.63) is 29.8 Å². The molecule has 0 saturated carbocycles. The molecule has 1 aromatic carbocycles. The maximum absolute atomic E-state index is 12.0. The van der Waals surface area contributed by atoms with Crippen molar-refractivity contribution in [2.75, 3.05) is 5.32 Å². The maximum atomic E-state index is 12.0. The molecule has 6 heteroatoms. The lowest BCUT2D eigenvalue weighted by Gasteiger charge is -2.10. The molecule has 0 bridgehead atoms. The summed E-state index contributed by atoms with van der Waals surface area (Å²) in [7, 11) is 0. The summed E-state index contributed by atoms with van der Waals surface area (Å²) in [6.07, 6.45) is 7.36. The van der Waals surface area contributed by atoms with Crippen molar-refractivity contribution in [2.45, 2.75) is 44.2 Å². The van der Waals surface area contributed by atoms with Gasteiger partial charge in [0.2, 0.25) is 5.91 Å². The van der Waals surface area contributed by atoms with Crippen LogP contribution >= 0.6 is 0 Å². The smallest absolute Gasteiger partial charge is 0.310 e. The van der Waals surface area contributed by atoms with E-state index in [4.69, 9.17) is 11.5 Å². The van der Waals surface area contributed by atoms with Gasteiger partial charge in [-0.1, -0.05) is 12.1 Å². The number of carboxylic acids is 1. The first-order valence-corrected chi connectivity index (χ1v) is 7.46. The van der Waals surface area contributed by atoms with Gasteiger partial charge in [-0.3, -0.25) is 9.59 Å². The van der Waals surface area contributed by atoms with Crippen LogP contribution in [0.15, 0.2) is 34.5 Å². The predicted octanol–water partition coefficient (Wildman–Crippen LogP) is 3.17. The molecule has 120 valence electrons. The molecule has 1 heterocycles. The molecule has 0 radical (unpaired) electrons. The van der Waals surface area contributed by atoms with Crippen LogP contribution in [0.2, 0.25) is 0 Å². The number of benzene rings is 1. The molecule has 1 aliphatic rings. The first-order valence-electron chi connectivity index (χ1n) is 7.46. The summed E-state index contributed by atoms with van der Waals surface area (Å²) in [6.45, 7) is 1.62. The van der Waals surface area contributed by atoms with Crippen molar-refractivity contribution in [3.8, 4) is 12.3 Å². The Labute approximate surface area is 135 Å². The number of carbonyl (C=O) groups excluding carboxylic acids is 1. The molecule has 1 aliphatic heterocycles.